The summed E-state index contributed by atoms with van der Waals surface area (Å²) in [5.41, 5.74) is 5.40. The molecule has 0 heterocycles. The van der Waals surface area contributed by atoms with E-state index in [1.54, 1.807) is 12.1 Å². The maximum atomic E-state index is 12.3. The second-order valence-electron chi connectivity index (χ2n) is 8.67. The summed E-state index contributed by atoms with van der Waals surface area (Å²) in [7, 11) is 0. The van der Waals surface area contributed by atoms with Gasteiger partial charge in [-0.2, -0.15) is 0 Å². The molecule has 1 aliphatic carbocycles. The molecule has 0 saturated carbocycles. The number of carboxylic acid groups (broad SMARTS) is 1. The molecule has 1 amide bonds. The van der Waals surface area contributed by atoms with Crippen LogP contribution in [0.5, 0.6) is 5.75 Å². The summed E-state index contributed by atoms with van der Waals surface area (Å²) in [5.74, 6) is -0.140. The van der Waals surface area contributed by atoms with E-state index >= 15 is 0 Å². The van der Waals surface area contributed by atoms with Crippen LogP contribution in [-0.2, 0) is 11.4 Å². The Hall–Kier alpha value is -3.28. The quantitative estimate of drug-likeness (QED) is 0.267. The lowest BCUT2D eigenvalue weighted by atomic mass is 9.94. The third kappa shape index (κ3) is 6.48. The molecule has 2 N–H and O–H groups in total. The highest BCUT2D eigenvalue weighted by molar-refractivity contribution is 6.30. The van der Waals surface area contributed by atoms with E-state index < -0.39 is 5.97 Å². The number of hydrogen-bond donors (Lipinski definition) is 2. The lowest BCUT2D eigenvalue weighted by Crippen LogP contribution is -2.12. The number of anilines is 1. The van der Waals surface area contributed by atoms with Crippen LogP contribution < -0.4 is 10.1 Å². The number of aromatic carboxylic acids is 1. The molecule has 7 heteroatoms. The van der Waals surface area contributed by atoms with Gasteiger partial charge < -0.3 is 15.2 Å². The second-order valence-corrected chi connectivity index (χ2v) is 9.48. The standard InChI is InChI=1S/C29H27Cl2NO4/c30-13-5-10-28(33)32-23-15-20(14-21(16-23)29(34)35)24-8-4-9-25(24)26-17-22(31)11-12-27(26)36-18-19-6-2-1-3-7-19/h1-3,6-7,11-12,14-17H,4-5,8-10,13,18H2,(H,32,33)(H,34,35). The molecule has 4 rings (SSSR count). The number of hydrogen-bond acceptors (Lipinski definition) is 3. The fourth-order valence-corrected chi connectivity index (χ4v) is 4.71. The van der Waals surface area contributed by atoms with Gasteiger partial charge in [0.1, 0.15) is 12.4 Å². The van der Waals surface area contributed by atoms with Crippen LogP contribution in [0, 0.1) is 0 Å². The first-order chi connectivity index (χ1) is 17.4. The van der Waals surface area contributed by atoms with Crippen molar-refractivity contribution in [3.63, 3.8) is 0 Å². The summed E-state index contributed by atoms with van der Waals surface area (Å²) in [4.78, 5) is 24.1. The van der Waals surface area contributed by atoms with Gasteiger partial charge in [0.25, 0.3) is 0 Å². The molecule has 0 radical (unpaired) electrons. The number of carbonyl (C=O) groups is 2. The Bertz CT molecular complexity index is 1290. The van der Waals surface area contributed by atoms with Crippen LogP contribution in [0.25, 0.3) is 11.1 Å². The van der Waals surface area contributed by atoms with E-state index in [9.17, 15) is 14.7 Å². The van der Waals surface area contributed by atoms with E-state index in [1.165, 1.54) is 6.07 Å². The van der Waals surface area contributed by atoms with Crippen LogP contribution in [0.1, 0.15) is 59.2 Å². The summed E-state index contributed by atoms with van der Waals surface area (Å²) in [6.07, 6.45) is 3.34. The molecule has 0 atom stereocenters. The van der Waals surface area contributed by atoms with Crippen molar-refractivity contribution in [2.24, 2.45) is 0 Å². The van der Waals surface area contributed by atoms with Gasteiger partial charge in [0, 0.05) is 28.6 Å². The minimum absolute atomic E-state index is 0.116. The molecule has 0 bridgehead atoms. The van der Waals surface area contributed by atoms with E-state index in [4.69, 9.17) is 27.9 Å². The van der Waals surface area contributed by atoms with Crippen LogP contribution in [0.2, 0.25) is 5.02 Å². The zero-order valence-corrected chi connectivity index (χ0v) is 21.2. The van der Waals surface area contributed by atoms with Gasteiger partial charge in [0.2, 0.25) is 5.91 Å². The highest BCUT2D eigenvalue weighted by Crippen LogP contribution is 2.44. The lowest BCUT2D eigenvalue weighted by molar-refractivity contribution is -0.116. The van der Waals surface area contributed by atoms with Crippen LogP contribution >= 0.6 is 23.2 Å². The van der Waals surface area contributed by atoms with Gasteiger partial charge in [0.05, 0.1) is 5.56 Å². The van der Waals surface area contributed by atoms with Crippen molar-refractivity contribution in [2.45, 2.75) is 38.7 Å². The Morgan fingerprint density at radius 2 is 1.75 bits per heavy atom. The summed E-state index contributed by atoms with van der Waals surface area (Å²) < 4.78 is 6.20. The Balaban J connectivity index is 1.71. The minimum Gasteiger partial charge on any atom is -0.488 e. The molecule has 0 spiro atoms. The molecule has 0 saturated heterocycles. The van der Waals surface area contributed by atoms with E-state index in [1.807, 2.05) is 48.5 Å². The number of nitrogens with one attached hydrogen (secondary N) is 1. The molecule has 3 aromatic carbocycles. The third-order valence-corrected chi connectivity index (χ3v) is 6.57. The molecule has 36 heavy (non-hydrogen) atoms. The molecule has 0 aromatic heterocycles. The lowest BCUT2D eigenvalue weighted by Gasteiger charge is -2.16. The van der Waals surface area contributed by atoms with Gasteiger partial charge in [-0.3, -0.25) is 4.79 Å². The first kappa shape index (κ1) is 25.8. The second kappa shape index (κ2) is 12.1. The topological polar surface area (TPSA) is 75.6 Å². The predicted octanol–water partition coefficient (Wildman–Crippen LogP) is 7.67. The Morgan fingerprint density at radius 3 is 2.50 bits per heavy atom. The first-order valence-electron chi connectivity index (χ1n) is 11.9. The highest BCUT2D eigenvalue weighted by atomic mass is 35.5. The molecular formula is C29H27Cl2NO4. The summed E-state index contributed by atoms with van der Waals surface area (Å²) >= 11 is 12.1. The zero-order chi connectivity index (χ0) is 25.5. The number of carbonyl (C=O) groups excluding carboxylic acids is 1. The minimum atomic E-state index is -1.05. The van der Waals surface area contributed by atoms with Crippen molar-refractivity contribution >= 4 is 51.9 Å². The van der Waals surface area contributed by atoms with Gasteiger partial charge in [0.15, 0.2) is 0 Å². The third-order valence-electron chi connectivity index (χ3n) is 6.07. The van der Waals surface area contributed by atoms with Crippen LogP contribution in [0.4, 0.5) is 5.69 Å². The van der Waals surface area contributed by atoms with Crippen LogP contribution in [0.15, 0.2) is 66.7 Å². The van der Waals surface area contributed by atoms with Crippen molar-refractivity contribution in [1.29, 1.82) is 0 Å². The number of amides is 1. The van der Waals surface area contributed by atoms with E-state index in [-0.39, 0.29) is 17.9 Å². The molecule has 3 aromatic rings. The van der Waals surface area contributed by atoms with E-state index in [2.05, 4.69) is 5.32 Å². The number of alkyl halides is 1. The average molecular weight is 524 g/mol. The van der Waals surface area contributed by atoms with Crippen molar-refractivity contribution in [2.75, 3.05) is 11.2 Å². The highest BCUT2D eigenvalue weighted by Gasteiger charge is 2.22. The van der Waals surface area contributed by atoms with E-state index in [0.717, 1.165) is 52.8 Å². The number of benzene rings is 3. The maximum absolute atomic E-state index is 12.3. The molecule has 0 unspecified atom stereocenters. The monoisotopic (exact) mass is 523 g/mol. The Labute approximate surface area is 220 Å². The SMILES string of the molecule is O=C(CCCCl)Nc1cc(C(=O)O)cc(C2=C(c3cc(Cl)ccc3OCc3ccccc3)CCC2)c1. The largest absolute Gasteiger partial charge is 0.488 e. The fourth-order valence-electron chi connectivity index (χ4n) is 4.41. The number of allylic oxidation sites excluding steroid dienone is 2. The number of ether oxygens (including phenoxy) is 1. The molecule has 5 nitrogen and oxygen atoms in total. The van der Waals surface area contributed by atoms with Gasteiger partial charge in [-0.15, -0.1) is 11.6 Å². The fraction of sp³-hybridized carbons (Fsp3) is 0.241. The van der Waals surface area contributed by atoms with Crippen molar-refractivity contribution in [3.05, 3.63) is 94.0 Å². The maximum Gasteiger partial charge on any atom is 0.335 e. The van der Waals surface area contributed by atoms with E-state index in [0.29, 0.717) is 29.6 Å². The smallest absolute Gasteiger partial charge is 0.335 e. The number of halogens is 2. The van der Waals surface area contributed by atoms with Gasteiger partial charge in [-0.1, -0.05) is 41.9 Å². The molecule has 1 aliphatic rings. The van der Waals surface area contributed by atoms with Gasteiger partial charge in [-0.25, -0.2) is 4.79 Å². The molecule has 0 fully saturated rings. The zero-order valence-electron chi connectivity index (χ0n) is 19.7. The molecule has 0 aliphatic heterocycles. The van der Waals surface area contributed by atoms with Gasteiger partial charge in [-0.05, 0) is 84.4 Å². The summed E-state index contributed by atoms with van der Waals surface area (Å²) in [6, 6.07) is 20.5. The van der Waals surface area contributed by atoms with Crippen LogP contribution in [0.3, 0.4) is 0 Å². The van der Waals surface area contributed by atoms with Crippen molar-refractivity contribution in [1.82, 2.24) is 0 Å². The Morgan fingerprint density at radius 1 is 0.972 bits per heavy atom. The Kier molecular flexibility index (Phi) is 8.68. The summed E-state index contributed by atoms with van der Waals surface area (Å²) in [6.45, 7) is 0.422. The number of rotatable bonds is 10. The summed E-state index contributed by atoms with van der Waals surface area (Å²) in [5, 5.41) is 13.1. The predicted molar refractivity (Wildman–Crippen MR) is 145 cm³/mol. The molecular weight excluding hydrogens is 497 g/mol. The van der Waals surface area contributed by atoms with Crippen molar-refractivity contribution in [3.8, 4) is 5.75 Å². The average Bonchev–Trinajstić information content (AvgIpc) is 3.37. The van der Waals surface area contributed by atoms with Crippen molar-refractivity contribution < 1.29 is 19.4 Å². The first-order valence-corrected chi connectivity index (χ1v) is 12.8. The molecule has 186 valence electrons. The van der Waals surface area contributed by atoms with Crippen LogP contribution in [-0.4, -0.2) is 22.9 Å². The number of carboxylic acids is 1. The van der Waals surface area contributed by atoms with Gasteiger partial charge >= 0.3 is 5.97 Å². The normalized spacial score (nSPS) is 13.1.